The Balaban J connectivity index is 1.21. The Labute approximate surface area is 192 Å². The molecule has 8 nitrogen and oxygen atoms in total. The highest BCUT2D eigenvalue weighted by Crippen LogP contribution is 2.34. The zero-order valence-corrected chi connectivity index (χ0v) is 18.8. The number of carbonyl (C=O) groups excluding carboxylic acids is 3. The van der Waals surface area contributed by atoms with Crippen molar-refractivity contribution in [3.8, 4) is 5.88 Å². The first-order valence-electron chi connectivity index (χ1n) is 11.5. The first-order chi connectivity index (χ1) is 16.0. The Morgan fingerprint density at radius 3 is 2.61 bits per heavy atom. The molecule has 1 aromatic heterocycles. The molecule has 0 aliphatic carbocycles. The number of benzene rings is 1. The van der Waals surface area contributed by atoms with Crippen LogP contribution in [0.5, 0.6) is 5.88 Å². The monoisotopic (exact) mass is 448 g/mol. The number of methoxy groups -OCH3 is 1. The van der Waals surface area contributed by atoms with E-state index >= 15 is 0 Å². The molecule has 3 aliphatic rings. The second kappa shape index (κ2) is 8.94. The molecule has 2 saturated heterocycles. The van der Waals surface area contributed by atoms with Crippen molar-refractivity contribution >= 4 is 17.7 Å². The number of nitrogens with zero attached hydrogens (tertiary/aromatic N) is 3. The van der Waals surface area contributed by atoms with Gasteiger partial charge in [0.25, 0.3) is 5.91 Å². The van der Waals surface area contributed by atoms with E-state index in [1.54, 1.807) is 12.0 Å². The third kappa shape index (κ3) is 4.35. The van der Waals surface area contributed by atoms with Crippen LogP contribution in [0, 0.1) is 0 Å². The van der Waals surface area contributed by atoms with E-state index in [0.717, 1.165) is 38.0 Å². The summed E-state index contributed by atoms with van der Waals surface area (Å²) in [6, 6.07) is 9.51. The number of hydrogen-bond acceptors (Lipinski definition) is 6. The number of aromatic nitrogens is 1. The molecule has 0 saturated carbocycles. The minimum Gasteiger partial charge on any atom is -0.481 e. The van der Waals surface area contributed by atoms with Gasteiger partial charge in [-0.05, 0) is 61.0 Å². The fourth-order valence-corrected chi connectivity index (χ4v) is 5.16. The largest absolute Gasteiger partial charge is 0.481 e. The molecule has 1 atom stereocenters. The zero-order valence-electron chi connectivity index (χ0n) is 18.8. The van der Waals surface area contributed by atoms with Crippen LogP contribution in [-0.2, 0) is 22.7 Å². The molecule has 3 aliphatic heterocycles. The molecule has 33 heavy (non-hydrogen) atoms. The van der Waals surface area contributed by atoms with Gasteiger partial charge < -0.3 is 9.64 Å². The minimum absolute atomic E-state index is 0.117. The van der Waals surface area contributed by atoms with Crippen molar-refractivity contribution in [2.45, 2.75) is 50.7 Å². The molecule has 1 N–H and O–H groups in total. The van der Waals surface area contributed by atoms with Crippen LogP contribution < -0.4 is 10.1 Å². The lowest BCUT2D eigenvalue weighted by Crippen LogP contribution is -2.52. The van der Waals surface area contributed by atoms with Gasteiger partial charge in [0.05, 0.1) is 7.11 Å². The van der Waals surface area contributed by atoms with Crippen molar-refractivity contribution in [1.82, 2.24) is 20.1 Å². The molecule has 0 bridgehead atoms. The molecule has 0 radical (unpaired) electrons. The predicted molar refractivity (Wildman–Crippen MR) is 121 cm³/mol. The summed E-state index contributed by atoms with van der Waals surface area (Å²) in [6.07, 6.45) is 4.66. The van der Waals surface area contributed by atoms with Gasteiger partial charge in [-0.2, -0.15) is 0 Å². The quantitative estimate of drug-likeness (QED) is 0.706. The maximum absolute atomic E-state index is 12.9. The number of nitrogens with one attached hydrogen (secondary N) is 1. The van der Waals surface area contributed by atoms with Crippen LogP contribution in [0.1, 0.15) is 58.6 Å². The van der Waals surface area contributed by atoms with Crippen molar-refractivity contribution in [2.75, 3.05) is 20.2 Å². The highest BCUT2D eigenvalue weighted by Gasteiger charge is 2.39. The fraction of sp³-hybridized carbons (Fsp3) is 0.440. The average molecular weight is 449 g/mol. The highest BCUT2D eigenvalue weighted by atomic mass is 16.5. The molecular formula is C25H28N4O4. The summed E-state index contributed by atoms with van der Waals surface area (Å²) in [6.45, 7) is 3.32. The molecule has 172 valence electrons. The summed E-state index contributed by atoms with van der Waals surface area (Å²) < 4.78 is 5.13. The summed E-state index contributed by atoms with van der Waals surface area (Å²) in [4.78, 5) is 45.0. The Bertz CT molecular complexity index is 1080. The Morgan fingerprint density at radius 2 is 1.91 bits per heavy atom. The Kier molecular flexibility index (Phi) is 5.85. The van der Waals surface area contributed by atoms with E-state index in [1.165, 1.54) is 11.1 Å². The van der Waals surface area contributed by atoms with Crippen LogP contribution >= 0.6 is 0 Å². The van der Waals surface area contributed by atoms with E-state index in [4.69, 9.17) is 4.74 Å². The number of rotatable bonds is 5. The van der Waals surface area contributed by atoms with Crippen molar-refractivity contribution in [1.29, 1.82) is 0 Å². The molecule has 1 unspecified atom stereocenters. The number of ether oxygens (including phenoxy) is 1. The van der Waals surface area contributed by atoms with E-state index in [1.807, 2.05) is 18.3 Å². The molecule has 4 heterocycles. The van der Waals surface area contributed by atoms with Crippen LogP contribution in [0.15, 0.2) is 36.5 Å². The van der Waals surface area contributed by atoms with Crippen molar-refractivity contribution < 1.29 is 19.1 Å². The highest BCUT2D eigenvalue weighted by molar-refractivity contribution is 6.05. The first kappa shape index (κ1) is 21.6. The third-order valence-electron chi connectivity index (χ3n) is 7.02. The van der Waals surface area contributed by atoms with E-state index in [2.05, 4.69) is 33.4 Å². The van der Waals surface area contributed by atoms with Crippen LogP contribution in [0.25, 0.3) is 0 Å². The topological polar surface area (TPSA) is 91.8 Å². The Morgan fingerprint density at radius 1 is 1.09 bits per heavy atom. The van der Waals surface area contributed by atoms with E-state index < -0.39 is 6.04 Å². The standard InChI is InChI=1S/C25H28N4O4/c1-33-23-7-2-16(13-26-23)14-28-10-8-17(9-11-28)18-3-4-20-19(12-18)15-29(25(20)32)21-5-6-22(30)27-24(21)31/h2-4,7,12-13,17,21H,5-6,8-11,14-15H2,1H3,(H,27,30,31). The summed E-state index contributed by atoms with van der Waals surface area (Å²) in [5.41, 5.74) is 4.10. The molecule has 8 heteroatoms. The van der Waals surface area contributed by atoms with E-state index in [-0.39, 0.29) is 24.1 Å². The van der Waals surface area contributed by atoms with Gasteiger partial charge in [0.15, 0.2) is 0 Å². The number of piperidine rings is 2. The first-order valence-corrected chi connectivity index (χ1v) is 11.5. The smallest absolute Gasteiger partial charge is 0.255 e. The number of pyridine rings is 1. The number of hydrogen-bond donors (Lipinski definition) is 1. The number of carbonyl (C=O) groups is 3. The van der Waals surface area contributed by atoms with Gasteiger partial charge in [-0.3, -0.25) is 24.6 Å². The SMILES string of the molecule is COc1ccc(CN2CCC(c3ccc4c(c3)CN(C3CCC(=O)NC3=O)C4=O)CC2)cn1. The summed E-state index contributed by atoms with van der Waals surface area (Å²) in [5.74, 6) is 0.335. The van der Waals surface area contributed by atoms with Crippen LogP contribution in [-0.4, -0.2) is 58.7 Å². The van der Waals surface area contributed by atoms with Crippen molar-refractivity contribution in [3.63, 3.8) is 0 Å². The number of fused-ring (bicyclic) bond motifs is 1. The van der Waals surface area contributed by atoms with E-state index in [9.17, 15) is 14.4 Å². The summed E-state index contributed by atoms with van der Waals surface area (Å²) in [7, 11) is 1.62. The minimum atomic E-state index is -0.568. The fourth-order valence-electron chi connectivity index (χ4n) is 5.16. The molecule has 1 aromatic carbocycles. The molecule has 5 rings (SSSR count). The lowest BCUT2D eigenvalue weighted by atomic mass is 9.88. The Hall–Kier alpha value is -3.26. The average Bonchev–Trinajstić information content (AvgIpc) is 3.15. The van der Waals surface area contributed by atoms with Crippen LogP contribution in [0.4, 0.5) is 0 Å². The molecule has 0 spiro atoms. The maximum atomic E-state index is 12.9. The van der Waals surface area contributed by atoms with Crippen molar-refractivity contribution in [2.24, 2.45) is 0 Å². The molecule has 2 aromatic rings. The van der Waals surface area contributed by atoms with Gasteiger partial charge in [-0.1, -0.05) is 18.2 Å². The van der Waals surface area contributed by atoms with Crippen LogP contribution in [0.2, 0.25) is 0 Å². The zero-order chi connectivity index (χ0) is 22.9. The maximum Gasteiger partial charge on any atom is 0.255 e. The van der Waals surface area contributed by atoms with Crippen LogP contribution in [0.3, 0.4) is 0 Å². The molecule has 3 amide bonds. The number of amides is 3. The van der Waals surface area contributed by atoms with Crippen molar-refractivity contribution in [3.05, 3.63) is 58.8 Å². The molecular weight excluding hydrogens is 420 g/mol. The second-order valence-corrected chi connectivity index (χ2v) is 9.08. The summed E-state index contributed by atoms with van der Waals surface area (Å²) >= 11 is 0. The van der Waals surface area contributed by atoms with Gasteiger partial charge >= 0.3 is 0 Å². The predicted octanol–water partition coefficient (Wildman–Crippen LogP) is 2.23. The second-order valence-electron chi connectivity index (χ2n) is 9.08. The third-order valence-corrected chi connectivity index (χ3v) is 7.02. The lowest BCUT2D eigenvalue weighted by Gasteiger charge is -2.32. The van der Waals surface area contributed by atoms with Gasteiger partial charge in [-0.15, -0.1) is 0 Å². The van der Waals surface area contributed by atoms with Gasteiger partial charge in [0.1, 0.15) is 6.04 Å². The molecule has 2 fully saturated rings. The number of likely N-dealkylation sites (tertiary alicyclic amines) is 1. The van der Waals surface area contributed by atoms with Gasteiger partial charge in [-0.25, -0.2) is 4.98 Å². The number of imide groups is 1. The van der Waals surface area contributed by atoms with Gasteiger partial charge in [0.2, 0.25) is 17.7 Å². The lowest BCUT2D eigenvalue weighted by molar-refractivity contribution is -0.136. The summed E-state index contributed by atoms with van der Waals surface area (Å²) in [5, 5.41) is 2.36. The van der Waals surface area contributed by atoms with Gasteiger partial charge in [0, 0.05) is 37.3 Å². The normalized spacial score (nSPS) is 21.8. The van der Waals surface area contributed by atoms with E-state index in [0.29, 0.717) is 30.3 Å².